The topological polar surface area (TPSA) is 125 Å². The van der Waals surface area contributed by atoms with E-state index in [1.54, 1.807) is 19.1 Å². The fourth-order valence-electron chi connectivity index (χ4n) is 2.35. The second kappa shape index (κ2) is 8.21. The SMILES string of the molecule is CC(=O)O[C@H]1COC=C(C(=O)NS(=O)(=O)c2ccc(C)cc2)[C@@H]1OC(C)=O. The van der Waals surface area contributed by atoms with E-state index in [2.05, 4.69) is 0 Å². The van der Waals surface area contributed by atoms with Gasteiger partial charge >= 0.3 is 11.9 Å². The van der Waals surface area contributed by atoms with E-state index in [9.17, 15) is 22.8 Å². The van der Waals surface area contributed by atoms with Gasteiger partial charge in [0.25, 0.3) is 15.9 Å². The summed E-state index contributed by atoms with van der Waals surface area (Å²) in [5.41, 5.74) is 0.557. The number of esters is 2. The van der Waals surface area contributed by atoms with Gasteiger partial charge in [-0.1, -0.05) is 17.7 Å². The minimum Gasteiger partial charge on any atom is -0.497 e. The minimum absolute atomic E-state index is 0.112. The average Bonchev–Trinajstić information content (AvgIpc) is 2.55. The van der Waals surface area contributed by atoms with Gasteiger partial charge in [0, 0.05) is 13.8 Å². The van der Waals surface area contributed by atoms with Gasteiger partial charge in [-0.05, 0) is 19.1 Å². The van der Waals surface area contributed by atoms with Crippen molar-refractivity contribution in [1.82, 2.24) is 4.72 Å². The molecule has 1 aliphatic rings. The van der Waals surface area contributed by atoms with Gasteiger partial charge in [0.1, 0.15) is 6.61 Å². The highest BCUT2D eigenvalue weighted by Gasteiger charge is 2.39. The lowest BCUT2D eigenvalue weighted by Crippen LogP contribution is -2.46. The first-order chi connectivity index (χ1) is 12.6. The lowest BCUT2D eigenvalue weighted by Gasteiger charge is -2.30. The monoisotopic (exact) mass is 397 g/mol. The Bertz CT molecular complexity index is 873. The summed E-state index contributed by atoms with van der Waals surface area (Å²) in [5, 5.41) is 0. The maximum absolute atomic E-state index is 12.5. The van der Waals surface area contributed by atoms with E-state index in [0.717, 1.165) is 25.7 Å². The second-order valence-electron chi connectivity index (χ2n) is 5.83. The van der Waals surface area contributed by atoms with Crippen LogP contribution in [0, 0.1) is 6.92 Å². The van der Waals surface area contributed by atoms with E-state index >= 15 is 0 Å². The standard InChI is InChI=1S/C17H19NO8S/c1-10-4-6-13(7-5-10)27(22,23)18-17(21)14-8-24-9-15(25-11(2)19)16(14)26-12(3)20/h4-8,15-16H,9H2,1-3H3,(H,18,21)/t15-,16-/m0/s1. The summed E-state index contributed by atoms with van der Waals surface area (Å²) in [4.78, 5) is 35.0. The Morgan fingerprint density at radius 2 is 1.67 bits per heavy atom. The quantitative estimate of drug-likeness (QED) is 0.715. The van der Waals surface area contributed by atoms with E-state index in [0.29, 0.717) is 0 Å². The molecular formula is C17H19NO8S. The van der Waals surface area contributed by atoms with Gasteiger partial charge in [-0.15, -0.1) is 0 Å². The molecule has 2 rings (SSSR count). The summed E-state index contributed by atoms with van der Waals surface area (Å²) in [6.45, 7) is 3.89. The van der Waals surface area contributed by atoms with Gasteiger partial charge in [-0.3, -0.25) is 14.4 Å². The van der Waals surface area contributed by atoms with Crippen molar-refractivity contribution in [1.29, 1.82) is 0 Å². The van der Waals surface area contributed by atoms with Gasteiger partial charge in [0.2, 0.25) is 0 Å². The second-order valence-corrected chi connectivity index (χ2v) is 7.51. The van der Waals surface area contributed by atoms with Crippen LogP contribution in [0.15, 0.2) is 41.0 Å². The molecule has 0 aromatic heterocycles. The van der Waals surface area contributed by atoms with Gasteiger partial charge in [0.15, 0.2) is 12.2 Å². The number of sulfonamides is 1. The number of hydrogen-bond acceptors (Lipinski definition) is 8. The van der Waals surface area contributed by atoms with Crippen molar-refractivity contribution >= 4 is 27.9 Å². The molecule has 27 heavy (non-hydrogen) atoms. The van der Waals surface area contributed by atoms with Crippen LogP contribution < -0.4 is 4.72 Å². The van der Waals surface area contributed by atoms with Crippen LogP contribution in [0.25, 0.3) is 0 Å². The number of hydrogen-bond donors (Lipinski definition) is 1. The highest BCUT2D eigenvalue weighted by atomic mass is 32.2. The van der Waals surface area contributed by atoms with Crippen molar-refractivity contribution in [2.75, 3.05) is 6.61 Å². The van der Waals surface area contributed by atoms with Crippen molar-refractivity contribution in [3.8, 4) is 0 Å². The number of carbonyl (C=O) groups is 3. The van der Waals surface area contributed by atoms with E-state index in [4.69, 9.17) is 14.2 Å². The number of ether oxygens (including phenoxy) is 3. The average molecular weight is 397 g/mol. The number of carbonyl (C=O) groups excluding carboxylic acids is 3. The molecule has 0 bridgehead atoms. The molecule has 0 unspecified atom stereocenters. The van der Waals surface area contributed by atoms with E-state index in [1.165, 1.54) is 12.1 Å². The lowest BCUT2D eigenvalue weighted by molar-refractivity contribution is -0.168. The molecule has 146 valence electrons. The smallest absolute Gasteiger partial charge is 0.303 e. The number of aryl methyl sites for hydroxylation is 1. The Balaban J connectivity index is 2.26. The van der Waals surface area contributed by atoms with E-state index in [-0.39, 0.29) is 17.1 Å². The van der Waals surface area contributed by atoms with Crippen LogP contribution in [0.2, 0.25) is 0 Å². The number of nitrogens with one attached hydrogen (secondary N) is 1. The number of rotatable bonds is 5. The Kier molecular flexibility index (Phi) is 6.21. The van der Waals surface area contributed by atoms with Gasteiger partial charge in [-0.25, -0.2) is 13.1 Å². The molecule has 1 N–H and O–H groups in total. The molecule has 0 spiro atoms. The Labute approximate surface area is 156 Å². The summed E-state index contributed by atoms with van der Waals surface area (Å²) in [6.07, 6.45) is -1.40. The summed E-state index contributed by atoms with van der Waals surface area (Å²) < 4.78 is 41.8. The van der Waals surface area contributed by atoms with Gasteiger partial charge in [-0.2, -0.15) is 0 Å². The van der Waals surface area contributed by atoms with Gasteiger partial charge < -0.3 is 14.2 Å². The van der Waals surface area contributed by atoms with Crippen LogP contribution in [0.4, 0.5) is 0 Å². The lowest BCUT2D eigenvalue weighted by atomic mass is 10.0. The third-order valence-electron chi connectivity index (χ3n) is 3.55. The summed E-state index contributed by atoms with van der Waals surface area (Å²) in [5.74, 6) is -2.47. The first-order valence-corrected chi connectivity index (χ1v) is 9.38. The zero-order chi connectivity index (χ0) is 20.2. The van der Waals surface area contributed by atoms with E-state index in [1.807, 2.05) is 4.72 Å². The maximum Gasteiger partial charge on any atom is 0.303 e. The van der Waals surface area contributed by atoms with Crippen LogP contribution in [0.3, 0.4) is 0 Å². The van der Waals surface area contributed by atoms with Crippen LogP contribution in [0.5, 0.6) is 0 Å². The summed E-state index contributed by atoms with van der Waals surface area (Å²) in [6, 6.07) is 5.87. The predicted molar refractivity (Wildman–Crippen MR) is 91.7 cm³/mol. The zero-order valence-corrected chi connectivity index (χ0v) is 15.7. The Morgan fingerprint density at radius 1 is 1.07 bits per heavy atom. The molecule has 1 aromatic carbocycles. The molecule has 0 aliphatic carbocycles. The molecule has 0 saturated carbocycles. The molecule has 10 heteroatoms. The normalized spacial score (nSPS) is 19.3. The van der Waals surface area contributed by atoms with Crippen molar-refractivity contribution in [3.05, 3.63) is 41.7 Å². The fourth-order valence-corrected chi connectivity index (χ4v) is 3.33. The maximum atomic E-state index is 12.5. The van der Waals surface area contributed by atoms with Crippen molar-refractivity contribution in [2.24, 2.45) is 0 Å². The highest BCUT2D eigenvalue weighted by molar-refractivity contribution is 7.90. The molecule has 1 amide bonds. The first-order valence-electron chi connectivity index (χ1n) is 7.90. The fraction of sp³-hybridized carbons (Fsp3) is 0.353. The van der Waals surface area contributed by atoms with Crippen LogP contribution in [-0.2, 0) is 38.6 Å². The summed E-state index contributed by atoms with van der Waals surface area (Å²) >= 11 is 0. The third kappa shape index (κ3) is 5.30. The molecule has 1 aromatic rings. The molecular weight excluding hydrogens is 378 g/mol. The molecule has 1 aliphatic heterocycles. The molecule has 2 atom stereocenters. The number of amides is 1. The van der Waals surface area contributed by atoms with Crippen molar-refractivity contribution in [3.63, 3.8) is 0 Å². The predicted octanol–water partition coefficient (Wildman–Crippen LogP) is 0.577. The molecule has 0 radical (unpaired) electrons. The highest BCUT2D eigenvalue weighted by Crippen LogP contribution is 2.22. The zero-order valence-electron chi connectivity index (χ0n) is 14.9. The molecule has 9 nitrogen and oxygen atoms in total. The van der Waals surface area contributed by atoms with Crippen LogP contribution >= 0.6 is 0 Å². The van der Waals surface area contributed by atoms with Crippen LogP contribution in [-0.4, -0.2) is 45.1 Å². The molecule has 1 heterocycles. The largest absolute Gasteiger partial charge is 0.497 e. The van der Waals surface area contributed by atoms with Gasteiger partial charge in [0.05, 0.1) is 16.7 Å². The van der Waals surface area contributed by atoms with Crippen molar-refractivity contribution in [2.45, 2.75) is 37.9 Å². The summed E-state index contributed by atoms with van der Waals surface area (Å²) in [7, 11) is -4.16. The van der Waals surface area contributed by atoms with E-state index < -0.39 is 40.1 Å². The third-order valence-corrected chi connectivity index (χ3v) is 4.89. The minimum atomic E-state index is -4.16. The Hall–Kier alpha value is -2.88. The Morgan fingerprint density at radius 3 is 2.22 bits per heavy atom. The van der Waals surface area contributed by atoms with Crippen molar-refractivity contribution < 1.29 is 37.0 Å². The first kappa shape index (κ1) is 20.4. The van der Waals surface area contributed by atoms with Crippen LogP contribution in [0.1, 0.15) is 19.4 Å². The molecule has 0 saturated heterocycles. The number of benzene rings is 1. The molecule has 0 fully saturated rings.